The number of hydrogen-bond acceptors (Lipinski definition) is 20. The van der Waals surface area contributed by atoms with Crippen molar-refractivity contribution in [3.63, 3.8) is 0 Å². The van der Waals surface area contributed by atoms with Gasteiger partial charge in [-0.25, -0.2) is 0 Å². The van der Waals surface area contributed by atoms with Crippen molar-refractivity contribution >= 4 is 130 Å². The molecule has 0 unspecified atom stereocenters. The van der Waals surface area contributed by atoms with Crippen molar-refractivity contribution in [2.24, 2.45) is 66.9 Å². The average Bonchev–Trinajstić information content (AvgIpc) is 1.77. The first kappa shape index (κ1) is 88.0. The second-order valence-electron chi connectivity index (χ2n) is 24.5. The fourth-order valence-electron chi connectivity index (χ4n) is 9.85. The summed E-state index contributed by atoms with van der Waals surface area (Å²) in [4.78, 5) is 215. The Hall–Kier alpha value is -11.1. The van der Waals surface area contributed by atoms with Crippen LogP contribution in [0.4, 0.5) is 0 Å². The van der Waals surface area contributed by atoms with E-state index in [1.165, 1.54) is 6.92 Å². The predicted molar refractivity (Wildman–Crippen MR) is 376 cm³/mol. The fraction of sp³-hybridized carbons (Fsp3) is 0.574. The van der Waals surface area contributed by atoms with Crippen molar-refractivity contribution in [3.05, 3.63) is 36.0 Å². The molecule has 2 rings (SSSR count). The lowest BCUT2D eigenvalue weighted by Gasteiger charge is -2.29. The summed E-state index contributed by atoms with van der Waals surface area (Å²) in [6.07, 6.45) is -3.34. The van der Waals surface area contributed by atoms with Crippen LogP contribution in [0.15, 0.2) is 45.4 Å². The number of nitrogens with zero attached hydrogens (tertiary/aromatic N) is 3. The Morgan fingerprint density at radius 1 is 0.476 bits per heavy atom. The topological polar surface area (TPSA) is 696 Å². The van der Waals surface area contributed by atoms with Gasteiger partial charge in [-0.1, -0.05) is 45.9 Å². The largest absolute Gasteiger partial charge is 0.481 e. The maximum Gasteiger partial charge on any atom is 0.305 e. The number of aliphatic imine (C=N–C) groups is 3. The van der Waals surface area contributed by atoms with Gasteiger partial charge in [0, 0.05) is 55.8 Å². The summed E-state index contributed by atoms with van der Waals surface area (Å²) in [5.74, 6) is -18.7. The number of nitrogens with one attached hydrogen (secondary N) is 13. The van der Waals surface area contributed by atoms with Crippen molar-refractivity contribution in [2.45, 2.75) is 172 Å². The highest BCUT2D eigenvalue weighted by Gasteiger charge is 2.38. The number of benzene rings is 1. The number of aromatic amines is 1. The predicted octanol–water partition coefficient (Wildman–Crippen LogP) is -8.58. The number of hydrogen-bond donors (Lipinski definition) is 24. The monoisotopic (exact) mass is 1470 g/mol. The summed E-state index contributed by atoms with van der Waals surface area (Å²) in [6, 6.07) is -9.08. The molecule has 13 amide bonds. The molecular formula is C61H99N23O18S. The van der Waals surface area contributed by atoms with Gasteiger partial charge in [-0.15, -0.1) is 0 Å². The van der Waals surface area contributed by atoms with Crippen LogP contribution in [-0.2, 0) is 78.3 Å². The fourth-order valence-corrected chi connectivity index (χ4v) is 10.1. The van der Waals surface area contributed by atoms with E-state index in [4.69, 9.17) is 40.1 Å². The third kappa shape index (κ3) is 33.8. The molecule has 0 bridgehead atoms. The van der Waals surface area contributed by atoms with Gasteiger partial charge in [0.15, 0.2) is 17.9 Å². The molecule has 0 fully saturated rings. The maximum atomic E-state index is 14.3. The Kier molecular flexibility index (Phi) is 38.4. The third-order valence-corrected chi connectivity index (χ3v) is 15.3. The number of primary amides is 1. The Balaban J connectivity index is 2.42. The lowest BCUT2D eigenvalue weighted by Crippen LogP contribution is -2.61. The van der Waals surface area contributed by atoms with Crippen molar-refractivity contribution in [1.29, 1.82) is 0 Å². The minimum atomic E-state index is -2.06. The number of aromatic nitrogens is 1. The van der Waals surface area contributed by atoms with Crippen LogP contribution in [0.25, 0.3) is 10.9 Å². The molecule has 0 spiro atoms. The van der Waals surface area contributed by atoms with Crippen LogP contribution in [0, 0.1) is 11.8 Å². The summed E-state index contributed by atoms with van der Waals surface area (Å²) in [5, 5.41) is 59.9. The first-order valence-corrected chi connectivity index (χ1v) is 33.2. The summed E-state index contributed by atoms with van der Waals surface area (Å²) in [5.41, 5.74) is 39.3. The Bertz CT molecular complexity index is 3390. The molecule has 1 heterocycles. The number of carbonyl (C=O) groups excluding carboxylic acids is 13. The van der Waals surface area contributed by atoms with Crippen LogP contribution in [0.2, 0.25) is 0 Å². The Labute approximate surface area is 597 Å². The van der Waals surface area contributed by atoms with Gasteiger partial charge in [0.2, 0.25) is 76.8 Å². The van der Waals surface area contributed by atoms with Crippen LogP contribution in [0.1, 0.15) is 105 Å². The zero-order valence-corrected chi connectivity index (χ0v) is 58.9. The van der Waals surface area contributed by atoms with E-state index in [0.29, 0.717) is 16.5 Å². The van der Waals surface area contributed by atoms with Crippen LogP contribution < -0.4 is 104 Å². The molecule has 11 atom stereocenters. The number of thiol groups is 1. The summed E-state index contributed by atoms with van der Waals surface area (Å²) < 4.78 is 0. The van der Waals surface area contributed by atoms with Gasteiger partial charge >= 0.3 is 11.9 Å². The number of H-pyrrole nitrogens is 1. The Morgan fingerprint density at radius 2 is 0.874 bits per heavy atom. The minimum Gasteiger partial charge on any atom is -0.481 e. The second-order valence-corrected chi connectivity index (χ2v) is 24.9. The normalized spacial score (nSPS) is 14.2. The molecule has 103 heavy (non-hydrogen) atoms. The van der Waals surface area contributed by atoms with Crippen molar-refractivity contribution in [1.82, 2.24) is 68.8 Å². The molecule has 0 saturated heterocycles. The molecule has 0 aliphatic heterocycles. The SMILES string of the molecule is CC(=O)N[C@@H](CS)C(=O)N[C@@H](CCCN=C(N)N)C(=O)N[C@H](C(=O)N[C@@H](CC(C)C)C(=O)N[C@@H](CC(=O)O)C(=O)NCC(=O)N[C@@H](CC(=O)O)C(=O)N[C@@H](CCCN=C(N)N)C(=O)N[C@H](C(=O)N[C@@H](CCCN=C(N)N)C(=O)N[C@@H](Cc1c[nH]c2ccccc12)C(=O)NCC(N)=O)[C@@H](C)O)C(C)C. The van der Waals surface area contributed by atoms with E-state index in [-0.39, 0.29) is 101 Å². The lowest BCUT2D eigenvalue weighted by molar-refractivity contribution is -0.141. The number of para-hydroxylation sites is 1. The van der Waals surface area contributed by atoms with Gasteiger partial charge in [0.05, 0.1) is 32.0 Å². The van der Waals surface area contributed by atoms with Crippen LogP contribution in [0.3, 0.4) is 0 Å². The first-order chi connectivity index (χ1) is 48.3. The highest BCUT2D eigenvalue weighted by molar-refractivity contribution is 7.80. The molecule has 1 aromatic carbocycles. The van der Waals surface area contributed by atoms with E-state index in [1.54, 1.807) is 58.2 Å². The second kappa shape index (κ2) is 44.9. The van der Waals surface area contributed by atoms with Gasteiger partial charge < -0.3 is 124 Å². The molecule has 1 aromatic heterocycles. The lowest BCUT2D eigenvalue weighted by atomic mass is 9.99. The van der Waals surface area contributed by atoms with Crippen molar-refractivity contribution in [2.75, 3.05) is 38.5 Å². The number of aliphatic hydroxyl groups excluding tert-OH is 1. The van der Waals surface area contributed by atoms with E-state index in [1.807, 2.05) is 0 Å². The molecule has 2 aromatic rings. The first-order valence-electron chi connectivity index (χ1n) is 32.6. The maximum absolute atomic E-state index is 14.3. The van der Waals surface area contributed by atoms with Gasteiger partial charge in [0.1, 0.15) is 60.4 Å². The van der Waals surface area contributed by atoms with Gasteiger partial charge in [-0.05, 0) is 75.3 Å². The smallest absolute Gasteiger partial charge is 0.305 e. The molecule has 0 aliphatic carbocycles. The molecule has 41 nitrogen and oxygen atoms in total. The molecule has 0 radical (unpaired) electrons. The number of amides is 13. The standard InChI is InChI=1S/C61H99N23O18S/c1-28(2)20-38(82-57(101)47(29(3)4)83-52(96)36(15-10-18-70-60(65)66)78-56(100)42(27-103)75-31(6)86)54(98)81-40(22-45(89)90)50(94)74-26-44(88)76-41(23-46(91)92)55(99)77-37(16-11-19-71-61(67)68)53(97)84-48(30(5)85)58(102)79-35(14-9-17-69-59(63)64)51(95)80-39(49(93)73-25-43(62)87)21-32-24-72-34-13-8-7-12-33(32)34/h7-8,12-13,24,28-30,35-42,47-48,72,85,103H,9-11,14-23,25-27H2,1-6H3,(H2,62,87)(H,73,93)(H,74,94)(H,75,86)(H,76,88)(H,77,99)(H,78,100)(H,79,102)(H,80,95)(H,81,98)(H,82,101)(H,83,96)(H,84,97)(H,89,90)(H,91,92)(H4,63,64,69)(H4,65,66,70)(H4,67,68,71)/t30-,35+,36+,37+,38+,39+,40+,41+,42+,47+,48+/m1/s1. The summed E-state index contributed by atoms with van der Waals surface area (Å²) in [6.45, 7) is 6.77. The van der Waals surface area contributed by atoms with Crippen molar-refractivity contribution < 1.29 is 87.2 Å². The van der Waals surface area contributed by atoms with Gasteiger partial charge in [0.25, 0.3) is 0 Å². The third-order valence-electron chi connectivity index (χ3n) is 14.9. The highest BCUT2D eigenvalue weighted by atomic mass is 32.1. The number of carboxylic acids is 2. The van der Waals surface area contributed by atoms with Crippen LogP contribution in [-0.4, -0.2) is 232 Å². The van der Waals surface area contributed by atoms with Crippen LogP contribution in [0.5, 0.6) is 0 Å². The average molecular weight is 1470 g/mol. The molecule has 0 aliphatic rings. The number of nitrogens with two attached hydrogens (primary N) is 7. The van der Waals surface area contributed by atoms with Gasteiger partial charge in [-0.3, -0.25) is 86.9 Å². The van der Waals surface area contributed by atoms with E-state index in [2.05, 4.69) is 96.4 Å². The summed E-state index contributed by atoms with van der Waals surface area (Å²) >= 11 is 4.11. The summed E-state index contributed by atoms with van der Waals surface area (Å²) in [7, 11) is 0. The zero-order valence-electron chi connectivity index (χ0n) is 58.0. The van der Waals surface area contributed by atoms with Gasteiger partial charge in [-0.2, -0.15) is 12.6 Å². The number of carbonyl (C=O) groups is 15. The van der Waals surface area contributed by atoms with E-state index < -0.39 is 187 Å². The number of fused-ring (bicyclic) bond motifs is 1. The molecule has 0 saturated carbocycles. The number of carboxylic acid groups (broad SMARTS) is 2. The number of aliphatic hydroxyl groups is 1. The molecular weight excluding hydrogens is 1370 g/mol. The number of aliphatic carboxylic acids is 2. The molecule has 42 heteroatoms. The number of guanidine groups is 3. The van der Waals surface area contributed by atoms with E-state index >= 15 is 0 Å². The van der Waals surface area contributed by atoms with Crippen LogP contribution >= 0.6 is 12.6 Å². The molecule has 30 N–H and O–H groups in total. The molecule has 572 valence electrons. The van der Waals surface area contributed by atoms with E-state index in [0.717, 1.165) is 6.92 Å². The minimum absolute atomic E-state index is 0.0210. The zero-order chi connectivity index (χ0) is 77.8. The highest BCUT2D eigenvalue weighted by Crippen LogP contribution is 2.20. The number of rotatable bonds is 47. The van der Waals surface area contributed by atoms with E-state index in [9.17, 15) is 87.2 Å². The quantitative estimate of drug-likeness (QED) is 0.0127. The van der Waals surface area contributed by atoms with Crippen molar-refractivity contribution in [3.8, 4) is 0 Å². The Morgan fingerprint density at radius 3 is 1.33 bits per heavy atom.